The predicted octanol–water partition coefficient (Wildman–Crippen LogP) is 3.12. The van der Waals surface area contributed by atoms with E-state index in [0.717, 1.165) is 64.6 Å². The molecule has 0 spiro atoms. The quantitative estimate of drug-likeness (QED) is 0.732. The van der Waals surface area contributed by atoms with Crippen molar-refractivity contribution in [2.75, 3.05) is 52.6 Å². The number of rotatable bonds is 5. The average molecular weight is 420 g/mol. The molecular weight excluding hydrogens is 386 g/mol. The molecule has 2 heterocycles. The molecule has 1 aliphatic carbocycles. The minimum atomic E-state index is 0. The van der Waals surface area contributed by atoms with Gasteiger partial charge in [-0.25, -0.2) is 0 Å². The number of carbonyl (C=O) groups is 1. The van der Waals surface area contributed by atoms with Crippen LogP contribution in [0.1, 0.15) is 38.2 Å². The van der Waals surface area contributed by atoms with Gasteiger partial charge in [-0.3, -0.25) is 14.6 Å². The van der Waals surface area contributed by atoms with Gasteiger partial charge in [0, 0.05) is 56.5 Å². The van der Waals surface area contributed by atoms with Crippen molar-refractivity contribution >= 4 is 18.2 Å². The Morgan fingerprint density at radius 2 is 1.72 bits per heavy atom. The summed E-state index contributed by atoms with van der Waals surface area (Å²) >= 11 is 0. The average Bonchev–Trinajstić information content (AvgIpc) is 2.73. The van der Waals surface area contributed by atoms with E-state index in [4.69, 9.17) is 4.74 Å². The molecule has 0 aromatic heterocycles. The van der Waals surface area contributed by atoms with Crippen molar-refractivity contribution in [2.45, 2.75) is 38.6 Å². The van der Waals surface area contributed by atoms with E-state index in [1.165, 1.54) is 11.3 Å². The third-order valence-electron chi connectivity index (χ3n) is 6.37. The van der Waals surface area contributed by atoms with Crippen molar-refractivity contribution in [3.8, 4) is 0 Å². The van der Waals surface area contributed by atoms with Crippen LogP contribution in [0.5, 0.6) is 0 Å². The molecule has 3 aliphatic rings. The molecule has 1 saturated heterocycles. The molecule has 1 atom stereocenters. The van der Waals surface area contributed by atoms with Gasteiger partial charge in [0.05, 0.1) is 19.9 Å². The fraction of sp³-hybridized carbons (Fsp3) is 0.609. The number of benzene rings is 1. The monoisotopic (exact) mass is 419 g/mol. The van der Waals surface area contributed by atoms with Crippen LogP contribution in [0.2, 0.25) is 0 Å². The van der Waals surface area contributed by atoms with Gasteiger partial charge in [0.15, 0.2) is 5.78 Å². The highest BCUT2D eigenvalue weighted by molar-refractivity contribution is 5.98. The Bertz CT molecular complexity index is 716. The van der Waals surface area contributed by atoms with Crippen LogP contribution < -0.4 is 0 Å². The lowest BCUT2D eigenvalue weighted by molar-refractivity contribution is -0.117. The van der Waals surface area contributed by atoms with Crippen molar-refractivity contribution in [3.63, 3.8) is 0 Å². The number of ether oxygens (including phenoxy) is 1. The van der Waals surface area contributed by atoms with Crippen LogP contribution in [0.4, 0.5) is 0 Å². The topological polar surface area (TPSA) is 36.0 Å². The van der Waals surface area contributed by atoms with E-state index >= 15 is 0 Å². The van der Waals surface area contributed by atoms with E-state index < -0.39 is 0 Å². The maximum atomic E-state index is 13.1. The van der Waals surface area contributed by atoms with Gasteiger partial charge in [-0.2, -0.15) is 0 Å². The Balaban J connectivity index is 0.00000240. The van der Waals surface area contributed by atoms with Crippen LogP contribution in [-0.4, -0.2) is 79.1 Å². The first-order chi connectivity index (χ1) is 13.6. The number of ketones is 1. The zero-order valence-corrected chi connectivity index (χ0v) is 18.5. The van der Waals surface area contributed by atoms with Crippen molar-refractivity contribution < 1.29 is 9.53 Å². The van der Waals surface area contributed by atoms with Crippen molar-refractivity contribution in [3.05, 3.63) is 47.2 Å². The summed E-state index contributed by atoms with van der Waals surface area (Å²) in [6.07, 6.45) is 1.63. The predicted molar refractivity (Wildman–Crippen MR) is 118 cm³/mol. The highest BCUT2D eigenvalue weighted by Crippen LogP contribution is 2.38. The molecule has 2 aliphatic heterocycles. The first-order valence-corrected chi connectivity index (χ1v) is 10.7. The third-order valence-corrected chi connectivity index (χ3v) is 6.37. The van der Waals surface area contributed by atoms with E-state index in [1.54, 1.807) is 0 Å². The van der Waals surface area contributed by atoms with E-state index in [1.807, 2.05) is 6.07 Å². The molecule has 160 valence electrons. The first-order valence-electron chi connectivity index (χ1n) is 10.7. The van der Waals surface area contributed by atoms with Gasteiger partial charge in [0.1, 0.15) is 0 Å². The van der Waals surface area contributed by atoms with Gasteiger partial charge >= 0.3 is 0 Å². The highest BCUT2D eigenvalue weighted by atomic mass is 35.5. The van der Waals surface area contributed by atoms with E-state index in [0.29, 0.717) is 24.2 Å². The molecule has 4 rings (SSSR count). The van der Waals surface area contributed by atoms with Gasteiger partial charge < -0.3 is 9.64 Å². The largest absolute Gasteiger partial charge is 0.379 e. The zero-order chi connectivity index (χ0) is 19.5. The zero-order valence-electron chi connectivity index (χ0n) is 17.7. The first kappa shape index (κ1) is 22.3. The van der Waals surface area contributed by atoms with Crippen molar-refractivity contribution in [1.29, 1.82) is 0 Å². The number of halogens is 1. The molecule has 1 aromatic carbocycles. The van der Waals surface area contributed by atoms with Crippen molar-refractivity contribution in [2.24, 2.45) is 0 Å². The van der Waals surface area contributed by atoms with Crippen LogP contribution in [0.3, 0.4) is 0 Å². The summed E-state index contributed by atoms with van der Waals surface area (Å²) in [4.78, 5) is 20.5. The summed E-state index contributed by atoms with van der Waals surface area (Å²) in [7, 11) is 0. The molecular formula is C23H34ClN3O2. The minimum Gasteiger partial charge on any atom is -0.379 e. The second-order valence-corrected chi connectivity index (χ2v) is 8.58. The van der Waals surface area contributed by atoms with Crippen LogP contribution >= 0.6 is 12.4 Å². The summed E-state index contributed by atoms with van der Waals surface area (Å²) in [6, 6.07) is 10.9. The van der Waals surface area contributed by atoms with Crippen LogP contribution in [-0.2, 0) is 9.53 Å². The Morgan fingerprint density at radius 1 is 1.03 bits per heavy atom. The lowest BCUT2D eigenvalue weighted by Gasteiger charge is -2.45. The Kier molecular flexibility index (Phi) is 7.74. The molecule has 5 nitrogen and oxygen atoms in total. The SMILES string of the molecule is CC(C)N1CN(CCN2CCOCC2)CC2=C1CC(c1ccccc1)CC2=O.Cl. The second-order valence-electron chi connectivity index (χ2n) is 8.58. The number of morpholine rings is 1. The van der Waals surface area contributed by atoms with Crippen LogP contribution in [0, 0.1) is 0 Å². The third kappa shape index (κ3) is 5.21. The van der Waals surface area contributed by atoms with Gasteiger partial charge in [0.25, 0.3) is 0 Å². The lowest BCUT2D eigenvalue weighted by Crippen LogP contribution is -2.51. The van der Waals surface area contributed by atoms with Gasteiger partial charge in [-0.05, 0) is 31.7 Å². The second kappa shape index (κ2) is 10.1. The molecule has 1 fully saturated rings. The van der Waals surface area contributed by atoms with Crippen LogP contribution in [0.15, 0.2) is 41.6 Å². The minimum absolute atomic E-state index is 0. The molecule has 0 amide bonds. The number of carbonyl (C=O) groups excluding carboxylic acids is 1. The number of nitrogens with zero attached hydrogens (tertiary/aromatic N) is 3. The number of Topliss-reactive ketones (excluding diaryl/α,β-unsaturated/α-hetero) is 1. The molecule has 6 heteroatoms. The molecule has 1 aromatic rings. The standard InChI is InChI=1S/C23H33N3O2.ClH/c1-18(2)26-17-25(9-8-24-10-12-28-13-11-24)16-21-22(26)14-20(15-23(21)27)19-6-4-3-5-7-19;/h3-7,18,20H,8-17H2,1-2H3;1H. The Hall–Kier alpha value is -1.40. The summed E-state index contributed by atoms with van der Waals surface area (Å²) < 4.78 is 5.46. The van der Waals surface area contributed by atoms with E-state index in [-0.39, 0.29) is 12.4 Å². The fourth-order valence-electron chi connectivity index (χ4n) is 4.67. The summed E-state index contributed by atoms with van der Waals surface area (Å²) in [6.45, 7) is 12.0. The van der Waals surface area contributed by atoms with Crippen LogP contribution in [0.25, 0.3) is 0 Å². The molecule has 0 N–H and O–H groups in total. The summed E-state index contributed by atoms with van der Waals surface area (Å²) in [5.74, 6) is 0.658. The normalized spacial score (nSPS) is 23.9. The Labute approximate surface area is 181 Å². The smallest absolute Gasteiger partial charge is 0.162 e. The van der Waals surface area contributed by atoms with Gasteiger partial charge in [-0.1, -0.05) is 30.3 Å². The molecule has 1 unspecified atom stereocenters. The maximum Gasteiger partial charge on any atom is 0.162 e. The van der Waals surface area contributed by atoms with E-state index in [9.17, 15) is 4.79 Å². The lowest BCUT2D eigenvalue weighted by atomic mass is 9.80. The van der Waals surface area contributed by atoms with E-state index in [2.05, 4.69) is 52.8 Å². The summed E-state index contributed by atoms with van der Waals surface area (Å²) in [5.41, 5.74) is 3.65. The summed E-state index contributed by atoms with van der Waals surface area (Å²) in [5, 5.41) is 0. The number of allylic oxidation sites excluding steroid dienone is 1. The molecule has 0 saturated carbocycles. The Morgan fingerprint density at radius 3 is 2.41 bits per heavy atom. The van der Waals surface area contributed by atoms with Gasteiger partial charge in [0.2, 0.25) is 0 Å². The number of hydrogen-bond acceptors (Lipinski definition) is 5. The maximum absolute atomic E-state index is 13.1. The number of hydrogen-bond donors (Lipinski definition) is 0. The molecule has 0 bridgehead atoms. The van der Waals surface area contributed by atoms with Crippen molar-refractivity contribution in [1.82, 2.24) is 14.7 Å². The molecule has 29 heavy (non-hydrogen) atoms. The molecule has 0 radical (unpaired) electrons. The fourth-order valence-corrected chi connectivity index (χ4v) is 4.67. The highest BCUT2D eigenvalue weighted by Gasteiger charge is 2.36. The van der Waals surface area contributed by atoms with Gasteiger partial charge in [-0.15, -0.1) is 12.4 Å².